The second kappa shape index (κ2) is 14.8. The highest BCUT2D eigenvalue weighted by Gasteiger charge is 2.43. The lowest BCUT2D eigenvalue weighted by Gasteiger charge is -2.43. The lowest BCUT2D eigenvalue weighted by Crippen LogP contribution is -2.49. The fourth-order valence-electron chi connectivity index (χ4n) is 6.54. The lowest BCUT2D eigenvalue weighted by molar-refractivity contribution is -0.138. The summed E-state index contributed by atoms with van der Waals surface area (Å²) in [5, 5.41) is 15.5. The lowest BCUT2D eigenvalue weighted by atomic mass is 9.73. The van der Waals surface area contributed by atoms with Crippen LogP contribution in [0.25, 0.3) is 0 Å². The van der Waals surface area contributed by atoms with Gasteiger partial charge < -0.3 is 20.1 Å². The van der Waals surface area contributed by atoms with Gasteiger partial charge in [0.1, 0.15) is 5.82 Å². The van der Waals surface area contributed by atoms with Gasteiger partial charge in [-0.2, -0.15) is 0 Å². The number of benzene rings is 1. The molecule has 0 aromatic heterocycles. The van der Waals surface area contributed by atoms with E-state index < -0.39 is 11.4 Å². The molecule has 2 aliphatic rings. The normalized spacial score (nSPS) is 22.4. The van der Waals surface area contributed by atoms with Crippen LogP contribution in [0.15, 0.2) is 18.2 Å². The number of nitrogens with one attached hydrogen (secondary N) is 1. The summed E-state index contributed by atoms with van der Waals surface area (Å²) in [5.41, 5.74) is -1.14. The first-order valence-electron chi connectivity index (χ1n) is 14.4. The molecule has 3 rings (SSSR count). The number of piperidine rings is 1. The number of halogens is 2. The monoisotopic (exact) mass is 538 g/mol. The maximum atomic E-state index is 15.2. The SMILES string of the molecule is CN[C@H](C)[C@@H](CC(=O)N1CCC[C@@H]([C@@](O)(CCCCOC)c2cccc(Cl)c2F)C1)CC1CCCCC1. The van der Waals surface area contributed by atoms with Crippen molar-refractivity contribution in [2.24, 2.45) is 17.8 Å². The number of hydrogen-bond acceptors (Lipinski definition) is 4. The average Bonchev–Trinajstić information content (AvgIpc) is 2.92. The van der Waals surface area contributed by atoms with Gasteiger partial charge in [0.15, 0.2) is 0 Å². The molecule has 5 nitrogen and oxygen atoms in total. The Morgan fingerprint density at radius 3 is 2.70 bits per heavy atom. The summed E-state index contributed by atoms with van der Waals surface area (Å²) < 4.78 is 20.4. The highest BCUT2D eigenvalue weighted by Crippen LogP contribution is 2.42. The third-order valence-corrected chi connectivity index (χ3v) is 9.28. The molecule has 0 spiro atoms. The maximum absolute atomic E-state index is 15.2. The van der Waals surface area contributed by atoms with Gasteiger partial charge in [0.2, 0.25) is 5.91 Å². The van der Waals surface area contributed by atoms with Crippen molar-refractivity contribution < 1.29 is 19.0 Å². The first-order chi connectivity index (χ1) is 17.8. The van der Waals surface area contributed by atoms with E-state index in [9.17, 15) is 9.90 Å². The van der Waals surface area contributed by atoms with Crippen molar-refractivity contribution in [3.8, 4) is 0 Å². The van der Waals surface area contributed by atoms with Crippen LogP contribution in [0.2, 0.25) is 5.02 Å². The maximum Gasteiger partial charge on any atom is 0.222 e. The van der Waals surface area contributed by atoms with E-state index in [1.165, 1.54) is 38.2 Å². The summed E-state index contributed by atoms with van der Waals surface area (Å²) in [4.78, 5) is 15.5. The highest BCUT2D eigenvalue weighted by atomic mass is 35.5. The van der Waals surface area contributed by atoms with Crippen LogP contribution < -0.4 is 5.32 Å². The van der Waals surface area contributed by atoms with Crippen LogP contribution >= 0.6 is 11.6 Å². The van der Waals surface area contributed by atoms with Crippen molar-refractivity contribution in [3.63, 3.8) is 0 Å². The van der Waals surface area contributed by atoms with Crippen molar-refractivity contribution >= 4 is 17.5 Å². The zero-order valence-corrected chi connectivity index (χ0v) is 23.9. The first kappa shape index (κ1) is 30.3. The van der Waals surface area contributed by atoms with Crippen LogP contribution in [-0.2, 0) is 15.1 Å². The molecule has 0 unspecified atom stereocenters. The van der Waals surface area contributed by atoms with Crippen LogP contribution in [0.1, 0.15) is 89.5 Å². The van der Waals surface area contributed by atoms with Crippen molar-refractivity contribution in [2.75, 3.05) is 33.9 Å². The predicted octanol–water partition coefficient (Wildman–Crippen LogP) is 6.31. The first-order valence-corrected chi connectivity index (χ1v) is 14.8. The topological polar surface area (TPSA) is 61.8 Å². The minimum absolute atomic E-state index is 0.0168. The second-order valence-electron chi connectivity index (χ2n) is 11.4. The van der Waals surface area contributed by atoms with Crippen molar-refractivity contribution in [2.45, 2.75) is 95.6 Å². The summed E-state index contributed by atoms with van der Waals surface area (Å²) in [6.07, 6.45) is 11.5. The van der Waals surface area contributed by atoms with E-state index in [4.69, 9.17) is 16.3 Å². The highest BCUT2D eigenvalue weighted by molar-refractivity contribution is 6.30. The summed E-state index contributed by atoms with van der Waals surface area (Å²) in [5.74, 6) is 0.344. The summed E-state index contributed by atoms with van der Waals surface area (Å²) >= 11 is 6.13. The van der Waals surface area contributed by atoms with E-state index in [1.807, 2.05) is 11.9 Å². The molecule has 0 bridgehead atoms. The number of aliphatic hydroxyl groups is 1. The van der Waals surface area contributed by atoms with Gasteiger partial charge in [-0.3, -0.25) is 4.79 Å². The fraction of sp³-hybridized carbons (Fsp3) is 0.767. The Balaban J connectivity index is 1.74. The molecule has 1 saturated carbocycles. The molecule has 37 heavy (non-hydrogen) atoms. The summed E-state index contributed by atoms with van der Waals surface area (Å²) in [6, 6.07) is 5.12. The van der Waals surface area contributed by atoms with Gasteiger partial charge >= 0.3 is 0 Å². The van der Waals surface area contributed by atoms with Crippen LogP contribution in [-0.4, -0.2) is 55.8 Å². The number of carbonyl (C=O) groups is 1. The standard InChI is InChI=1S/C30H48ClFN2O3/c1-22(33-2)24(19-23-11-5-4-6-12-23)20-28(35)34-17-10-13-25(21-34)30(36,16-7-8-18-37-3)26-14-9-15-27(31)29(26)32/h9,14-15,22-25,33,36H,4-8,10-13,16-21H2,1-3H3/t22-,24-,25-,30+/m1/s1. The number of rotatable bonds is 13. The molecule has 0 radical (unpaired) electrons. The number of amides is 1. The average molecular weight is 539 g/mol. The molecule has 1 aliphatic carbocycles. The molecule has 1 saturated heterocycles. The number of likely N-dealkylation sites (tertiary alicyclic amines) is 1. The van der Waals surface area contributed by atoms with E-state index in [2.05, 4.69) is 12.2 Å². The Kier molecular flexibility index (Phi) is 12.1. The van der Waals surface area contributed by atoms with Crippen LogP contribution in [0, 0.1) is 23.6 Å². The number of hydrogen-bond donors (Lipinski definition) is 2. The number of nitrogens with zero attached hydrogens (tertiary/aromatic N) is 1. The van der Waals surface area contributed by atoms with E-state index in [0.29, 0.717) is 50.8 Å². The molecule has 1 aliphatic heterocycles. The summed E-state index contributed by atoms with van der Waals surface area (Å²) in [7, 11) is 3.63. The molecular weight excluding hydrogens is 491 g/mol. The molecule has 2 fully saturated rings. The third-order valence-electron chi connectivity index (χ3n) is 8.98. The minimum Gasteiger partial charge on any atom is -0.385 e. The van der Waals surface area contributed by atoms with Crippen molar-refractivity contribution in [1.82, 2.24) is 10.2 Å². The zero-order valence-electron chi connectivity index (χ0n) is 23.1. The molecule has 2 N–H and O–H groups in total. The van der Waals surface area contributed by atoms with Gasteiger partial charge in [-0.15, -0.1) is 0 Å². The Morgan fingerprint density at radius 2 is 2.00 bits per heavy atom. The predicted molar refractivity (Wildman–Crippen MR) is 148 cm³/mol. The molecule has 1 aromatic rings. The molecule has 1 aromatic carbocycles. The third kappa shape index (κ3) is 8.14. The van der Waals surface area contributed by atoms with Gasteiger partial charge in [-0.25, -0.2) is 4.39 Å². The van der Waals surface area contributed by atoms with E-state index >= 15 is 4.39 Å². The smallest absolute Gasteiger partial charge is 0.222 e. The largest absolute Gasteiger partial charge is 0.385 e. The van der Waals surface area contributed by atoms with Crippen LogP contribution in [0.3, 0.4) is 0 Å². The summed E-state index contributed by atoms with van der Waals surface area (Å²) in [6.45, 7) is 3.91. The number of methoxy groups -OCH3 is 1. The molecule has 4 atom stereocenters. The zero-order chi connectivity index (χ0) is 26.8. The van der Waals surface area contributed by atoms with Crippen LogP contribution in [0.4, 0.5) is 4.39 Å². The fourth-order valence-corrected chi connectivity index (χ4v) is 6.71. The van der Waals surface area contributed by atoms with Crippen molar-refractivity contribution in [1.29, 1.82) is 0 Å². The number of unbranched alkanes of at least 4 members (excludes halogenated alkanes) is 1. The van der Waals surface area contributed by atoms with Gasteiger partial charge in [0.05, 0.1) is 10.6 Å². The van der Waals surface area contributed by atoms with E-state index in [1.54, 1.807) is 19.2 Å². The van der Waals surface area contributed by atoms with E-state index in [-0.39, 0.29) is 28.5 Å². The Morgan fingerprint density at radius 1 is 1.24 bits per heavy atom. The van der Waals surface area contributed by atoms with Crippen molar-refractivity contribution in [3.05, 3.63) is 34.6 Å². The number of carbonyl (C=O) groups excluding carboxylic acids is 1. The van der Waals surface area contributed by atoms with Gasteiger partial charge in [0.25, 0.3) is 0 Å². The quantitative estimate of drug-likeness (QED) is 0.289. The van der Waals surface area contributed by atoms with E-state index in [0.717, 1.165) is 25.7 Å². The Hall–Kier alpha value is -1.21. The molecular formula is C30H48ClFN2O3. The molecule has 210 valence electrons. The molecule has 7 heteroatoms. The van der Waals surface area contributed by atoms with Gasteiger partial charge in [-0.05, 0) is 70.4 Å². The second-order valence-corrected chi connectivity index (χ2v) is 11.8. The molecule has 1 heterocycles. The number of ether oxygens (including phenoxy) is 1. The van der Waals surface area contributed by atoms with Gasteiger partial charge in [0, 0.05) is 50.8 Å². The Bertz CT molecular complexity index is 850. The van der Waals surface area contributed by atoms with Crippen LogP contribution in [0.5, 0.6) is 0 Å². The minimum atomic E-state index is -1.39. The van der Waals surface area contributed by atoms with Gasteiger partial charge in [-0.1, -0.05) is 55.8 Å². The Labute approximate surface area is 228 Å². The molecule has 1 amide bonds.